The molecule has 28 heavy (non-hydrogen) atoms. The van der Waals surface area contributed by atoms with Gasteiger partial charge in [0.15, 0.2) is 16.8 Å². The van der Waals surface area contributed by atoms with Gasteiger partial charge in [-0.15, -0.1) is 11.3 Å². The van der Waals surface area contributed by atoms with E-state index in [0.29, 0.717) is 35.3 Å². The van der Waals surface area contributed by atoms with E-state index in [0.717, 1.165) is 30.0 Å². The number of nitrogens with two attached hydrogens (primary N) is 1. The van der Waals surface area contributed by atoms with Crippen molar-refractivity contribution in [2.24, 2.45) is 16.6 Å². The Bertz CT molecular complexity index is 937. The number of amides is 1. The highest BCUT2D eigenvalue weighted by Gasteiger charge is 2.49. The number of ether oxygens (including phenoxy) is 1. The van der Waals surface area contributed by atoms with Gasteiger partial charge in [0, 0.05) is 23.0 Å². The highest BCUT2D eigenvalue weighted by Crippen LogP contribution is 2.47. The van der Waals surface area contributed by atoms with Gasteiger partial charge in [-0.1, -0.05) is 11.8 Å². The largest absolute Gasteiger partial charge is 0.448 e. The Morgan fingerprint density at radius 2 is 2.25 bits per heavy atom. The Balaban J connectivity index is 1.37. The molecular formula is C18H21N5O3S2. The fraction of sp³-hybridized carbons (Fsp3) is 0.556. The first kappa shape index (κ1) is 18.1. The van der Waals surface area contributed by atoms with Crippen LogP contribution in [0, 0.1) is 5.92 Å². The molecule has 3 atom stereocenters. The van der Waals surface area contributed by atoms with Gasteiger partial charge >= 0.3 is 0 Å². The molecular weight excluding hydrogens is 398 g/mol. The van der Waals surface area contributed by atoms with Gasteiger partial charge in [-0.25, -0.2) is 15.0 Å². The minimum atomic E-state index is -0.567. The van der Waals surface area contributed by atoms with Crippen molar-refractivity contribution in [1.82, 2.24) is 9.97 Å². The molecule has 148 valence electrons. The van der Waals surface area contributed by atoms with Crippen molar-refractivity contribution < 1.29 is 13.9 Å². The van der Waals surface area contributed by atoms with Crippen LogP contribution in [0.1, 0.15) is 53.5 Å². The normalized spacial score (nSPS) is 29.8. The van der Waals surface area contributed by atoms with E-state index >= 15 is 0 Å². The number of oxazole rings is 1. The van der Waals surface area contributed by atoms with Gasteiger partial charge < -0.3 is 20.2 Å². The molecule has 2 aromatic rings. The predicted molar refractivity (Wildman–Crippen MR) is 108 cm³/mol. The van der Waals surface area contributed by atoms with Crippen molar-refractivity contribution in [1.29, 1.82) is 0 Å². The number of anilines is 1. The lowest BCUT2D eigenvalue weighted by molar-refractivity contribution is -0.0466. The Morgan fingerprint density at radius 3 is 3.07 bits per heavy atom. The van der Waals surface area contributed by atoms with Gasteiger partial charge in [-0.3, -0.25) is 4.79 Å². The van der Waals surface area contributed by atoms with Gasteiger partial charge in [-0.2, -0.15) is 0 Å². The van der Waals surface area contributed by atoms with Gasteiger partial charge in [-0.05, 0) is 26.2 Å². The highest BCUT2D eigenvalue weighted by atomic mass is 32.2. The number of carbonyl (C=O) groups is 1. The second kappa shape index (κ2) is 6.85. The van der Waals surface area contributed by atoms with E-state index in [9.17, 15) is 4.79 Å². The van der Waals surface area contributed by atoms with Crippen molar-refractivity contribution in [3.63, 3.8) is 0 Å². The Kier molecular flexibility index (Phi) is 4.44. The average Bonchev–Trinajstić information content (AvgIpc) is 3.21. The van der Waals surface area contributed by atoms with Crippen LogP contribution in [-0.2, 0) is 10.3 Å². The second-order valence-electron chi connectivity index (χ2n) is 7.58. The molecule has 0 radical (unpaired) electrons. The van der Waals surface area contributed by atoms with Crippen LogP contribution in [0.25, 0.3) is 0 Å². The molecule has 1 saturated heterocycles. The summed E-state index contributed by atoms with van der Waals surface area (Å²) in [7, 11) is 0. The molecule has 2 aliphatic heterocycles. The smallest absolute Gasteiger partial charge is 0.278 e. The monoisotopic (exact) mass is 419 g/mol. The molecule has 8 nitrogen and oxygen atoms in total. The molecule has 2 fully saturated rings. The number of carbonyl (C=O) groups excluding carboxylic acids is 1. The molecule has 0 bridgehead atoms. The van der Waals surface area contributed by atoms with E-state index in [1.807, 2.05) is 5.38 Å². The van der Waals surface area contributed by atoms with Crippen molar-refractivity contribution >= 4 is 40.0 Å². The maximum Gasteiger partial charge on any atom is 0.278 e. The van der Waals surface area contributed by atoms with Crippen molar-refractivity contribution in [3.05, 3.63) is 28.2 Å². The number of nitrogens with zero attached hydrogens (tertiary/aromatic N) is 3. The second-order valence-corrected chi connectivity index (χ2v) is 9.48. The quantitative estimate of drug-likeness (QED) is 0.783. The lowest BCUT2D eigenvalue weighted by Crippen LogP contribution is -2.49. The SMILES string of the molecule is C[C@H]1C[C@H]2CSC(N)=NC2(c2nc(NC(=O)c3coc(C4CC4)n3)cs2)CO1. The first-order chi connectivity index (χ1) is 13.5. The van der Waals surface area contributed by atoms with Crippen molar-refractivity contribution in [2.75, 3.05) is 17.7 Å². The van der Waals surface area contributed by atoms with E-state index in [2.05, 4.69) is 22.2 Å². The van der Waals surface area contributed by atoms with Gasteiger partial charge in [0.25, 0.3) is 5.91 Å². The van der Waals surface area contributed by atoms with Crippen LogP contribution in [0.15, 0.2) is 21.1 Å². The molecule has 4 heterocycles. The summed E-state index contributed by atoms with van der Waals surface area (Å²) < 4.78 is 11.3. The van der Waals surface area contributed by atoms with Crippen LogP contribution < -0.4 is 11.1 Å². The first-order valence-electron chi connectivity index (χ1n) is 9.36. The Morgan fingerprint density at radius 1 is 1.39 bits per heavy atom. The topological polar surface area (TPSA) is 116 Å². The molecule has 0 aromatic carbocycles. The summed E-state index contributed by atoms with van der Waals surface area (Å²) in [6.07, 6.45) is 4.66. The summed E-state index contributed by atoms with van der Waals surface area (Å²) in [5.41, 5.74) is 5.75. The van der Waals surface area contributed by atoms with Crippen LogP contribution in [-0.4, -0.2) is 39.5 Å². The molecule has 0 spiro atoms. The third-order valence-electron chi connectivity index (χ3n) is 5.42. The van der Waals surface area contributed by atoms with Crippen LogP contribution in [0.5, 0.6) is 0 Å². The Hall–Kier alpha value is -1.91. The number of rotatable bonds is 4. The van der Waals surface area contributed by atoms with E-state index in [4.69, 9.17) is 19.9 Å². The summed E-state index contributed by atoms with van der Waals surface area (Å²) in [5.74, 6) is 2.37. The highest BCUT2D eigenvalue weighted by molar-refractivity contribution is 8.13. The first-order valence-corrected chi connectivity index (χ1v) is 11.2. The lowest BCUT2D eigenvalue weighted by atomic mass is 9.80. The minimum Gasteiger partial charge on any atom is -0.448 e. The summed E-state index contributed by atoms with van der Waals surface area (Å²) in [6.45, 7) is 2.53. The number of thioether (sulfide) groups is 1. The maximum atomic E-state index is 12.5. The summed E-state index contributed by atoms with van der Waals surface area (Å²) >= 11 is 3.06. The zero-order chi connectivity index (χ0) is 19.3. The maximum absolute atomic E-state index is 12.5. The fourth-order valence-corrected chi connectivity index (χ4v) is 5.67. The lowest BCUT2D eigenvalue weighted by Gasteiger charge is -2.44. The zero-order valence-electron chi connectivity index (χ0n) is 15.4. The van der Waals surface area contributed by atoms with Crippen LogP contribution in [0.2, 0.25) is 0 Å². The summed E-state index contributed by atoms with van der Waals surface area (Å²) in [6, 6.07) is 0. The summed E-state index contributed by atoms with van der Waals surface area (Å²) in [4.78, 5) is 26.2. The van der Waals surface area contributed by atoms with Crippen molar-refractivity contribution in [3.8, 4) is 0 Å². The average molecular weight is 420 g/mol. The van der Waals surface area contributed by atoms with Gasteiger partial charge in [0.05, 0.1) is 12.7 Å². The third kappa shape index (κ3) is 3.23. The summed E-state index contributed by atoms with van der Waals surface area (Å²) in [5, 5.41) is 6.02. The number of nitrogens with one attached hydrogen (secondary N) is 1. The number of amidine groups is 1. The zero-order valence-corrected chi connectivity index (χ0v) is 17.0. The van der Waals surface area contributed by atoms with Crippen LogP contribution in [0.4, 0.5) is 5.82 Å². The fourth-order valence-electron chi connectivity index (χ4n) is 3.70. The standard InChI is InChI=1S/C18H21N5O3S2/c1-9-4-11-6-28-17(19)23-18(11,8-26-9)16-22-13(7-27-16)21-14(24)12-5-25-15(20-12)10-2-3-10/h5,7,9-11H,2-4,6,8H2,1H3,(H2,19,23)(H,21,24)/t9-,11-,18?/m0/s1. The third-order valence-corrected chi connectivity index (χ3v) is 7.38. The molecule has 3 N–H and O–H groups in total. The number of hydrogen-bond donors (Lipinski definition) is 2. The van der Waals surface area contributed by atoms with E-state index < -0.39 is 5.54 Å². The number of thiazole rings is 1. The molecule has 1 saturated carbocycles. The molecule has 10 heteroatoms. The van der Waals surface area contributed by atoms with E-state index in [-0.39, 0.29) is 17.7 Å². The van der Waals surface area contributed by atoms with E-state index in [1.54, 1.807) is 11.8 Å². The number of aromatic nitrogens is 2. The van der Waals surface area contributed by atoms with Gasteiger partial charge in [0.1, 0.15) is 22.6 Å². The van der Waals surface area contributed by atoms with Crippen LogP contribution in [0.3, 0.4) is 0 Å². The number of hydrogen-bond acceptors (Lipinski definition) is 9. The molecule has 3 aliphatic rings. The minimum absolute atomic E-state index is 0.195. The predicted octanol–water partition coefficient (Wildman–Crippen LogP) is 2.94. The number of aliphatic imine (C=N–C) groups is 1. The Labute approximate surface area is 170 Å². The molecule has 1 amide bonds. The molecule has 1 unspecified atom stereocenters. The molecule has 5 rings (SSSR count). The van der Waals surface area contributed by atoms with E-state index in [1.165, 1.54) is 17.6 Å². The molecule has 1 aliphatic carbocycles. The number of fused-ring (bicyclic) bond motifs is 1. The van der Waals surface area contributed by atoms with Gasteiger partial charge in [0.2, 0.25) is 0 Å². The van der Waals surface area contributed by atoms with Crippen molar-refractivity contribution in [2.45, 2.75) is 43.7 Å². The molecule has 2 aromatic heterocycles. The van der Waals surface area contributed by atoms with Crippen LogP contribution >= 0.6 is 23.1 Å².